The summed E-state index contributed by atoms with van der Waals surface area (Å²) in [4.78, 5) is 10.8. The summed E-state index contributed by atoms with van der Waals surface area (Å²) in [5, 5.41) is 5.84. The van der Waals surface area contributed by atoms with E-state index in [4.69, 9.17) is 9.47 Å². The third-order valence-electron chi connectivity index (χ3n) is 2.00. The molecule has 1 atom stereocenters. The van der Waals surface area contributed by atoms with E-state index in [9.17, 15) is 4.79 Å². The van der Waals surface area contributed by atoms with Crippen LogP contribution in [0.1, 0.15) is 13.3 Å². The van der Waals surface area contributed by atoms with Crippen molar-refractivity contribution in [1.82, 2.24) is 10.6 Å². The first-order chi connectivity index (χ1) is 6.83. The second kappa shape index (κ2) is 6.75. The molecule has 1 fully saturated rings. The number of hydrogen-bond acceptors (Lipinski definition) is 4. The Kier molecular flexibility index (Phi) is 5.51. The topological polar surface area (TPSA) is 59.6 Å². The van der Waals surface area contributed by atoms with E-state index in [1.807, 2.05) is 6.92 Å². The lowest BCUT2D eigenvalue weighted by Gasteiger charge is -2.23. The average Bonchev–Trinajstić information content (AvgIpc) is 2.25. The van der Waals surface area contributed by atoms with E-state index in [1.165, 1.54) is 0 Å². The molecule has 0 bridgehead atoms. The van der Waals surface area contributed by atoms with Crippen LogP contribution in [0.15, 0.2) is 0 Å². The summed E-state index contributed by atoms with van der Waals surface area (Å²) < 4.78 is 10.7. The first-order valence-corrected chi connectivity index (χ1v) is 4.99. The van der Waals surface area contributed by atoms with Gasteiger partial charge in [0.05, 0.1) is 19.3 Å². The van der Waals surface area contributed by atoms with E-state index in [1.54, 1.807) is 0 Å². The maximum atomic E-state index is 10.8. The molecule has 0 aromatic heterocycles. The van der Waals surface area contributed by atoms with Gasteiger partial charge in [0.25, 0.3) is 0 Å². The fourth-order valence-corrected chi connectivity index (χ4v) is 1.17. The summed E-state index contributed by atoms with van der Waals surface area (Å²) in [6.45, 7) is 5.06. The molecule has 14 heavy (non-hydrogen) atoms. The average molecular weight is 202 g/mol. The van der Waals surface area contributed by atoms with Crippen molar-refractivity contribution < 1.29 is 14.3 Å². The Hall–Kier alpha value is -0.650. The van der Waals surface area contributed by atoms with Gasteiger partial charge in [-0.15, -0.1) is 0 Å². The molecule has 1 heterocycles. The molecule has 1 amide bonds. The van der Waals surface area contributed by atoms with Crippen molar-refractivity contribution in [3.63, 3.8) is 0 Å². The number of rotatable bonds is 5. The van der Waals surface area contributed by atoms with Gasteiger partial charge in [-0.05, 0) is 0 Å². The molecule has 0 aromatic carbocycles. The number of morpholine rings is 1. The van der Waals surface area contributed by atoms with Gasteiger partial charge in [-0.3, -0.25) is 4.79 Å². The molecule has 1 rings (SSSR count). The highest BCUT2D eigenvalue weighted by Crippen LogP contribution is 1.95. The second-order valence-corrected chi connectivity index (χ2v) is 3.17. The fourth-order valence-electron chi connectivity index (χ4n) is 1.17. The van der Waals surface area contributed by atoms with Gasteiger partial charge < -0.3 is 20.1 Å². The monoisotopic (exact) mass is 202 g/mol. The van der Waals surface area contributed by atoms with Gasteiger partial charge in [0, 0.05) is 19.5 Å². The van der Waals surface area contributed by atoms with Crippen LogP contribution in [-0.2, 0) is 14.3 Å². The van der Waals surface area contributed by atoms with Crippen molar-refractivity contribution in [3.8, 4) is 0 Å². The lowest BCUT2D eigenvalue weighted by atomic mass is 10.3. The van der Waals surface area contributed by atoms with Crippen molar-refractivity contribution in [2.24, 2.45) is 0 Å². The number of nitrogens with one attached hydrogen (secondary N) is 2. The highest BCUT2D eigenvalue weighted by atomic mass is 16.5. The third kappa shape index (κ3) is 4.55. The maximum Gasteiger partial charge on any atom is 0.221 e. The maximum absolute atomic E-state index is 10.8. The minimum atomic E-state index is 0.00712. The zero-order chi connectivity index (χ0) is 10.2. The van der Waals surface area contributed by atoms with Crippen LogP contribution in [0.3, 0.4) is 0 Å². The number of carbonyl (C=O) groups excluding carboxylic acids is 1. The highest BCUT2D eigenvalue weighted by molar-refractivity contribution is 5.75. The van der Waals surface area contributed by atoms with Gasteiger partial charge in [-0.2, -0.15) is 0 Å². The lowest BCUT2D eigenvalue weighted by molar-refractivity contribution is -0.123. The summed E-state index contributed by atoms with van der Waals surface area (Å²) in [5.41, 5.74) is 0. The molecule has 5 heteroatoms. The van der Waals surface area contributed by atoms with E-state index >= 15 is 0 Å². The quantitative estimate of drug-likeness (QED) is 0.465. The smallest absolute Gasteiger partial charge is 0.221 e. The Bertz CT molecular complexity index is 169. The van der Waals surface area contributed by atoms with Crippen molar-refractivity contribution >= 4 is 5.91 Å². The lowest BCUT2D eigenvalue weighted by Crippen LogP contribution is -2.41. The Labute approximate surface area is 84.1 Å². The minimum absolute atomic E-state index is 0.00712. The van der Waals surface area contributed by atoms with E-state index in [2.05, 4.69) is 10.6 Å². The minimum Gasteiger partial charge on any atom is -0.373 e. The van der Waals surface area contributed by atoms with E-state index in [0.29, 0.717) is 13.0 Å². The van der Waals surface area contributed by atoms with E-state index in [0.717, 1.165) is 19.7 Å². The molecule has 0 aromatic rings. The number of hydrogen-bond donors (Lipinski definition) is 2. The predicted molar refractivity (Wildman–Crippen MR) is 51.9 cm³/mol. The zero-order valence-electron chi connectivity index (χ0n) is 8.54. The molecule has 1 saturated heterocycles. The zero-order valence-corrected chi connectivity index (χ0v) is 8.54. The normalized spacial score (nSPS) is 21.9. The molecule has 1 unspecified atom stereocenters. The SMILES string of the molecule is CCC(=O)NCOCC1CNCCO1. The number of carbonyl (C=O) groups is 1. The second-order valence-electron chi connectivity index (χ2n) is 3.17. The van der Waals surface area contributed by atoms with E-state index in [-0.39, 0.29) is 18.7 Å². The van der Waals surface area contributed by atoms with Crippen LogP contribution in [0.2, 0.25) is 0 Å². The molecule has 0 aliphatic carbocycles. The summed E-state index contributed by atoms with van der Waals surface area (Å²) in [6, 6.07) is 0. The van der Waals surface area contributed by atoms with Gasteiger partial charge in [0.2, 0.25) is 5.91 Å². The Morgan fingerprint density at radius 1 is 1.71 bits per heavy atom. The van der Waals surface area contributed by atoms with Crippen molar-refractivity contribution in [1.29, 1.82) is 0 Å². The molecule has 2 N–H and O–H groups in total. The van der Waals surface area contributed by atoms with Crippen molar-refractivity contribution in [2.45, 2.75) is 19.4 Å². The van der Waals surface area contributed by atoms with Crippen molar-refractivity contribution in [2.75, 3.05) is 33.0 Å². The number of amides is 1. The Morgan fingerprint density at radius 3 is 3.21 bits per heavy atom. The molecule has 5 nitrogen and oxygen atoms in total. The first kappa shape index (κ1) is 11.4. The molecule has 1 aliphatic rings. The highest BCUT2D eigenvalue weighted by Gasteiger charge is 2.12. The third-order valence-corrected chi connectivity index (χ3v) is 2.00. The summed E-state index contributed by atoms with van der Waals surface area (Å²) in [5.74, 6) is 0.00712. The van der Waals surface area contributed by atoms with Gasteiger partial charge in [-0.25, -0.2) is 0 Å². The van der Waals surface area contributed by atoms with Crippen LogP contribution in [0.4, 0.5) is 0 Å². The molecule has 1 aliphatic heterocycles. The van der Waals surface area contributed by atoms with Crippen LogP contribution in [-0.4, -0.2) is 45.0 Å². The van der Waals surface area contributed by atoms with Gasteiger partial charge in [0.15, 0.2) is 0 Å². The van der Waals surface area contributed by atoms with Gasteiger partial charge >= 0.3 is 0 Å². The molecule has 82 valence electrons. The molecule has 0 radical (unpaired) electrons. The van der Waals surface area contributed by atoms with Gasteiger partial charge in [0.1, 0.15) is 6.73 Å². The predicted octanol–water partition coefficient (Wildman–Crippen LogP) is -0.525. The van der Waals surface area contributed by atoms with Crippen molar-refractivity contribution in [3.05, 3.63) is 0 Å². The van der Waals surface area contributed by atoms with Crippen LogP contribution in [0.25, 0.3) is 0 Å². The number of ether oxygens (including phenoxy) is 2. The summed E-state index contributed by atoms with van der Waals surface area (Å²) >= 11 is 0. The van der Waals surface area contributed by atoms with Gasteiger partial charge in [-0.1, -0.05) is 6.92 Å². The standard InChI is InChI=1S/C9H18N2O3/c1-2-9(12)11-7-13-6-8-5-10-3-4-14-8/h8,10H,2-7H2,1H3,(H,11,12). The first-order valence-electron chi connectivity index (χ1n) is 4.99. The largest absolute Gasteiger partial charge is 0.373 e. The molecule has 0 saturated carbocycles. The molecule has 0 spiro atoms. The summed E-state index contributed by atoms with van der Waals surface area (Å²) in [6.07, 6.45) is 0.604. The fraction of sp³-hybridized carbons (Fsp3) is 0.889. The van der Waals surface area contributed by atoms with E-state index < -0.39 is 0 Å². The Balaban J connectivity index is 1.94. The van der Waals surface area contributed by atoms with Crippen LogP contribution >= 0.6 is 0 Å². The van der Waals surface area contributed by atoms with Crippen LogP contribution in [0.5, 0.6) is 0 Å². The molecular formula is C9H18N2O3. The van der Waals surface area contributed by atoms with Crippen LogP contribution < -0.4 is 10.6 Å². The van der Waals surface area contributed by atoms with Crippen LogP contribution in [0, 0.1) is 0 Å². The summed E-state index contributed by atoms with van der Waals surface area (Å²) in [7, 11) is 0. The Morgan fingerprint density at radius 2 is 2.57 bits per heavy atom. The molecular weight excluding hydrogens is 184 g/mol.